The van der Waals surface area contributed by atoms with Gasteiger partial charge in [0.2, 0.25) is 0 Å². The fraction of sp³-hybridized carbons (Fsp3) is 0.0800. The van der Waals surface area contributed by atoms with Crippen LogP contribution in [0.25, 0.3) is 17.2 Å². The van der Waals surface area contributed by atoms with E-state index in [0.717, 1.165) is 29.3 Å². The molecule has 0 radical (unpaired) electrons. The minimum atomic E-state index is -2.47. The molecule has 0 unspecified atom stereocenters. The number of thioether (sulfide) groups is 1. The molecule has 34 heavy (non-hydrogen) atoms. The molecule has 1 amide bonds. The van der Waals surface area contributed by atoms with Crippen molar-refractivity contribution in [1.29, 1.82) is 0 Å². The van der Waals surface area contributed by atoms with Gasteiger partial charge in [-0.2, -0.15) is 18.2 Å². The first kappa shape index (κ1) is 27.5. The SMILES string of the molecule is CC(=O)O.O=C1NC(=Nc2cc[c-]cc2)S/C1=C/c1ccc(-c2ccc(C(F)F)cc2)cc1.[Na+]. The van der Waals surface area contributed by atoms with Crippen molar-refractivity contribution in [2.75, 3.05) is 0 Å². The van der Waals surface area contributed by atoms with Gasteiger partial charge >= 0.3 is 29.6 Å². The Morgan fingerprint density at radius 2 is 1.56 bits per heavy atom. The van der Waals surface area contributed by atoms with Crippen molar-refractivity contribution in [3.05, 3.63) is 94.9 Å². The molecule has 5 nitrogen and oxygen atoms in total. The topological polar surface area (TPSA) is 78.8 Å². The average Bonchev–Trinajstić information content (AvgIpc) is 3.13. The molecule has 9 heteroatoms. The second-order valence-electron chi connectivity index (χ2n) is 6.80. The zero-order valence-corrected chi connectivity index (χ0v) is 21.3. The molecule has 3 aromatic carbocycles. The molecule has 0 atom stereocenters. The predicted molar refractivity (Wildman–Crippen MR) is 126 cm³/mol. The number of amidine groups is 1. The van der Waals surface area contributed by atoms with Gasteiger partial charge < -0.3 is 10.4 Å². The van der Waals surface area contributed by atoms with E-state index in [9.17, 15) is 13.6 Å². The average molecular weight is 488 g/mol. The molecule has 4 rings (SSSR count). The number of hydrogen-bond donors (Lipinski definition) is 2. The zero-order chi connectivity index (χ0) is 23.8. The van der Waals surface area contributed by atoms with Gasteiger partial charge in [-0.25, -0.2) is 8.78 Å². The van der Waals surface area contributed by atoms with Gasteiger partial charge in [-0.15, -0.1) is 12.1 Å². The third kappa shape index (κ3) is 8.22. The Balaban J connectivity index is 0.000000758. The number of nitrogens with zero attached hydrogens (tertiary/aromatic N) is 1. The Hall–Kier alpha value is -2.78. The van der Waals surface area contributed by atoms with Crippen molar-refractivity contribution in [2.45, 2.75) is 13.3 Å². The van der Waals surface area contributed by atoms with E-state index in [0.29, 0.717) is 10.1 Å². The van der Waals surface area contributed by atoms with Crippen LogP contribution in [0.4, 0.5) is 14.5 Å². The summed E-state index contributed by atoms with van der Waals surface area (Å²) < 4.78 is 25.4. The number of amides is 1. The second kappa shape index (κ2) is 13.2. The van der Waals surface area contributed by atoms with Gasteiger partial charge in [0.25, 0.3) is 18.3 Å². The molecular formula is C25H19F2N2NaO3S. The van der Waals surface area contributed by atoms with Crippen LogP contribution in [0.2, 0.25) is 0 Å². The molecule has 0 bridgehead atoms. The van der Waals surface area contributed by atoms with Crippen molar-refractivity contribution in [3.63, 3.8) is 0 Å². The summed E-state index contributed by atoms with van der Waals surface area (Å²) >= 11 is 1.28. The Morgan fingerprint density at radius 3 is 2.09 bits per heavy atom. The molecule has 1 saturated heterocycles. The van der Waals surface area contributed by atoms with Crippen molar-refractivity contribution < 1.29 is 53.0 Å². The van der Waals surface area contributed by atoms with E-state index in [1.54, 1.807) is 30.3 Å². The number of aliphatic carboxylic acids is 1. The van der Waals surface area contributed by atoms with E-state index in [4.69, 9.17) is 9.90 Å². The van der Waals surface area contributed by atoms with Crippen LogP contribution >= 0.6 is 11.8 Å². The Morgan fingerprint density at radius 1 is 1.03 bits per heavy atom. The number of carboxylic acid groups (broad SMARTS) is 1. The maximum Gasteiger partial charge on any atom is 1.00 e. The third-order valence-corrected chi connectivity index (χ3v) is 5.20. The van der Waals surface area contributed by atoms with E-state index in [1.165, 1.54) is 23.9 Å². The number of nitrogens with one attached hydrogen (secondary N) is 1. The van der Waals surface area contributed by atoms with Crippen LogP contribution < -0.4 is 34.9 Å². The molecule has 0 aliphatic carbocycles. The monoisotopic (exact) mass is 488 g/mol. The predicted octanol–water partition coefficient (Wildman–Crippen LogP) is 3.08. The van der Waals surface area contributed by atoms with Gasteiger partial charge in [-0.05, 0) is 40.2 Å². The summed E-state index contributed by atoms with van der Waals surface area (Å²) in [5.41, 5.74) is 3.39. The standard InChI is InChI=1S/C23H15F2N2OS.C2H4O2.Na/c24-21(25)18-12-10-17(11-13-18)16-8-6-15(7-9-16)14-20-22(28)27-23(29-20)26-19-4-2-1-3-5-19;1-2(3)4;/h2-14,21H,(H,26,27,28);1H3,(H,3,4);/q-1;;+1/b20-14+;;. The summed E-state index contributed by atoms with van der Waals surface area (Å²) in [6.45, 7) is 1.08. The van der Waals surface area contributed by atoms with Gasteiger partial charge in [0.15, 0.2) is 5.17 Å². The number of hydrogen-bond acceptors (Lipinski definition) is 4. The van der Waals surface area contributed by atoms with Crippen LogP contribution in [0.1, 0.15) is 24.5 Å². The molecule has 1 heterocycles. The fourth-order valence-corrected chi connectivity index (χ4v) is 3.64. The number of carbonyl (C=O) groups is 2. The van der Waals surface area contributed by atoms with Crippen LogP contribution in [0.15, 0.2) is 82.7 Å². The van der Waals surface area contributed by atoms with E-state index in [2.05, 4.69) is 16.4 Å². The van der Waals surface area contributed by atoms with Gasteiger partial charge in [-0.3, -0.25) is 14.6 Å². The first-order valence-corrected chi connectivity index (χ1v) is 10.6. The smallest absolute Gasteiger partial charge is 0.481 e. The van der Waals surface area contributed by atoms with Crippen LogP contribution in [-0.2, 0) is 9.59 Å². The summed E-state index contributed by atoms with van der Waals surface area (Å²) in [4.78, 5) is 26.2. The Bertz CT molecular complexity index is 1180. The van der Waals surface area contributed by atoms with Crippen molar-refractivity contribution >= 4 is 40.6 Å². The van der Waals surface area contributed by atoms with Crippen LogP contribution in [0.5, 0.6) is 0 Å². The second-order valence-corrected chi connectivity index (χ2v) is 7.83. The normalized spacial score (nSPS) is 14.9. The fourth-order valence-electron chi connectivity index (χ4n) is 2.79. The van der Waals surface area contributed by atoms with E-state index >= 15 is 0 Å². The number of benzene rings is 3. The summed E-state index contributed by atoms with van der Waals surface area (Å²) in [6.07, 6.45) is -0.674. The van der Waals surface area contributed by atoms with Gasteiger partial charge in [-0.1, -0.05) is 48.5 Å². The maximum absolute atomic E-state index is 12.7. The van der Waals surface area contributed by atoms with Crippen molar-refractivity contribution in [1.82, 2.24) is 5.32 Å². The summed E-state index contributed by atoms with van der Waals surface area (Å²) in [7, 11) is 0. The van der Waals surface area contributed by atoms with E-state index in [-0.39, 0.29) is 41.0 Å². The molecule has 3 aromatic rings. The molecule has 1 fully saturated rings. The van der Waals surface area contributed by atoms with E-state index < -0.39 is 12.4 Å². The molecule has 0 aromatic heterocycles. The molecule has 1 aliphatic rings. The molecule has 0 saturated carbocycles. The van der Waals surface area contributed by atoms with Crippen LogP contribution in [0, 0.1) is 6.07 Å². The number of aliphatic imine (C=N–C) groups is 1. The van der Waals surface area contributed by atoms with Gasteiger partial charge in [0.05, 0.1) is 4.91 Å². The number of halogens is 2. The number of rotatable bonds is 4. The van der Waals surface area contributed by atoms with Crippen molar-refractivity contribution in [3.8, 4) is 11.1 Å². The number of carbonyl (C=O) groups excluding carboxylic acids is 1. The van der Waals surface area contributed by atoms with Crippen LogP contribution in [0.3, 0.4) is 0 Å². The number of carboxylic acids is 1. The molecule has 2 N–H and O–H groups in total. The van der Waals surface area contributed by atoms with Gasteiger partial charge in [0, 0.05) is 12.5 Å². The first-order chi connectivity index (χ1) is 15.8. The number of alkyl halides is 2. The zero-order valence-electron chi connectivity index (χ0n) is 18.5. The minimum Gasteiger partial charge on any atom is -0.481 e. The Kier molecular flexibility index (Phi) is 10.7. The molecular weight excluding hydrogens is 469 g/mol. The summed E-state index contributed by atoms with van der Waals surface area (Å²) in [5.74, 6) is -1.03. The summed E-state index contributed by atoms with van der Waals surface area (Å²) in [6, 6.07) is 23.9. The molecule has 1 aliphatic heterocycles. The Labute approximate surface area is 222 Å². The third-order valence-electron chi connectivity index (χ3n) is 4.29. The molecule has 0 spiro atoms. The van der Waals surface area contributed by atoms with E-state index in [1.807, 2.05) is 36.4 Å². The minimum absolute atomic E-state index is 0. The summed E-state index contributed by atoms with van der Waals surface area (Å²) in [5, 5.41) is 10.7. The first-order valence-electron chi connectivity index (χ1n) is 9.75. The quantitative estimate of drug-likeness (QED) is 0.336. The van der Waals surface area contributed by atoms with Gasteiger partial charge in [0.1, 0.15) is 0 Å². The van der Waals surface area contributed by atoms with Crippen molar-refractivity contribution in [2.24, 2.45) is 4.99 Å². The van der Waals surface area contributed by atoms with Crippen LogP contribution in [-0.4, -0.2) is 22.2 Å². The largest absolute Gasteiger partial charge is 1.00 e. The molecule has 168 valence electrons. The maximum atomic E-state index is 12.7.